The van der Waals surface area contributed by atoms with E-state index in [9.17, 15) is 13.2 Å². The van der Waals surface area contributed by atoms with Gasteiger partial charge in [-0.05, 0) is 24.5 Å². The lowest BCUT2D eigenvalue weighted by atomic mass is 10.1. The van der Waals surface area contributed by atoms with Gasteiger partial charge in [0.15, 0.2) is 20.8 Å². The summed E-state index contributed by atoms with van der Waals surface area (Å²) in [5.74, 6) is 1.33. The minimum Gasteiger partial charge on any atom is -0.338 e. The number of pyridine rings is 1. The third-order valence-electron chi connectivity index (χ3n) is 4.63. The van der Waals surface area contributed by atoms with E-state index in [-0.39, 0.29) is 35.1 Å². The molecule has 1 amide bonds. The Bertz CT molecular complexity index is 928. The van der Waals surface area contributed by atoms with Crippen molar-refractivity contribution in [3.8, 4) is 11.4 Å². The van der Waals surface area contributed by atoms with Gasteiger partial charge < -0.3 is 9.47 Å². The van der Waals surface area contributed by atoms with Gasteiger partial charge in [0, 0.05) is 37.6 Å². The van der Waals surface area contributed by atoms with Crippen molar-refractivity contribution in [3.63, 3.8) is 0 Å². The highest BCUT2D eigenvalue weighted by molar-refractivity contribution is 7.99. The number of thioether (sulfide) groups is 1. The Hall–Kier alpha value is -1.94. The molecule has 1 fully saturated rings. The standard InChI is InChI=1S/C18H25N5O3S2/c1-13(2)10-23(15-6-9-28(25,26)12-15)16(24)11-27-18-21-20-17(22(18)3)14-4-7-19-8-5-14/h4-5,7-8,13,15H,6,9-12H2,1-3H3/t15-/m1/s1. The van der Waals surface area contributed by atoms with Gasteiger partial charge in [0.25, 0.3) is 0 Å². The first-order chi connectivity index (χ1) is 13.3. The summed E-state index contributed by atoms with van der Waals surface area (Å²) in [6, 6.07) is 3.48. The Kier molecular flexibility index (Phi) is 6.39. The van der Waals surface area contributed by atoms with Gasteiger partial charge in [-0.15, -0.1) is 10.2 Å². The second-order valence-electron chi connectivity index (χ2n) is 7.39. The zero-order valence-corrected chi connectivity index (χ0v) is 17.9. The quantitative estimate of drug-likeness (QED) is 0.624. The molecular formula is C18H25N5O3S2. The Balaban J connectivity index is 1.69. The van der Waals surface area contributed by atoms with Gasteiger partial charge in [-0.2, -0.15) is 0 Å². The summed E-state index contributed by atoms with van der Waals surface area (Å²) in [7, 11) is -1.18. The molecular weight excluding hydrogens is 398 g/mol. The molecule has 2 aromatic heterocycles. The van der Waals surface area contributed by atoms with Crippen molar-refractivity contribution >= 4 is 27.5 Å². The SMILES string of the molecule is CC(C)CN(C(=O)CSc1nnc(-c2ccncc2)n1C)[C@@H]1CCS(=O)(=O)C1. The second-order valence-corrected chi connectivity index (χ2v) is 10.6. The predicted octanol–water partition coefficient (Wildman–Crippen LogP) is 1.64. The molecule has 28 heavy (non-hydrogen) atoms. The summed E-state index contributed by atoms with van der Waals surface area (Å²) >= 11 is 1.32. The largest absolute Gasteiger partial charge is 0.338 e. The van der Waals surface area contributed by atoms with E-state index in [0.717, 1.165) is 5.56 Å². The summed E-state index contributed by atoms with van der Waals surface area (Å²) in [6.07, 6.45) is 3.90. The summed E-state index contributed by atoms with van der Waals surface area (Å²) in [4.78, 5) is 18.6. The van der Waals surface area contributed by atoms with E-state index in [4.69, 9.17) is 0 Å². The van der Waals surface area contributed by atoms with Gasteiger partial charge in [0.1, 0.15) is 0 Å². The Morgan fingerprint density at radius 1 is 1.32 bits per heavy atom. The van der Waals surface area contributed by atoms with Crippen LogP contribution in [0.4, 0.5) is 0 Å². The van der Waals surface area contributed by atoms with Crippen molar-refractivity contribution in [1.29, 1.82) is 0 Å². The molecule has 1 atom stereocenters. The van der Waals surface area contributed by atoms with Crippen molar-refractivity contribution in [2.75, 3.05) is 23.8 Å². The highest BCUT2D eigenvalue weighted by Gasteiger charge is 2.34. The maximum Gasteiger partial charge on any atom is 0.233 e. The van der Waals surface area contributed by atoms with Crippen molar-refractivity contribution in [2.24, 2.45) is 13.0 Å². The fraction of sp³-hybridized carbons (Fsp3) is 0.556. The van der Waals surface area contributed by atoms with Crippen LogP contribution in [0, 0.1) is 5.92 Å². The normalized spacial score (nSPS) is 18.5. The molecule has 152 valence electrons. The lowest BCUT2D eigenvalue weighted by Crippen LogP contribution is -2.44. The van der Waals surface area contributed by atoms with Crippen LogP contribution in [-0.4, -0.2) is 68.8 Å². The number of sulfone groups is 1. The lowest BCUT2D eigenvalue weighted by Gasteiger charge is -2.29. The zero-order valence-electron chi connectivity index (χ0n) is 16.3. The Labute approximate surface area is 169 Å². The van der Waals surface area contributed by atoms with Crippen LogP contribution < -0.4 is 0 Å². The number of aromatic nitrogens is 4. The number of amides is 1. The van der Waals surface area contributed by atoms with Crippen molar-refractivity contribution in [3.05, 3.63) is 24.5 Å². The van der Waals surface area contributed by atoms with E-state index in [1.807, 2.05) is 37.6 Å². The van der Waals surface area contributed by atoms with Gasteiger partial charge in [-0.25, -0.2) is 8.42 Å². The highest BCUT2D eigenvalue weighted by atomic mass is 32.2. The molecule has 1 aliphatic rings. The van der Waals surface area contributed by atoms with Crippen LogP contribution in [0.25, 0.3) is 11.4 Å². The number of carbonyl (C=O) groups is 1. The third kappa shape index (κ3) is 4.91. The average Bonchev–Trinajstić information content (AvgIpc) is 3.20. The lowest BCUT2D eigenvalue weighted by molar-refractivity contribution is -0.130. The number of rotatable bonds is 7. The number of hydrogen-bond acceptors (Lipinski definition) is 7. The van der Waals surface area contributed by atoms with E-state index in [1.54, 1.807) is 17.3 Å². The van der Waals surface area contributed by atoms with Gasteiger partial charge in [-0.1, -0.05) is 25.6 Å². The first-order valence-electron chi connectivity index (χ1n) is 9.19. The predicted molar refractivity (Wildman–Crippen MR) is 109 cm³/mol. The maximum atomic E-state index is 12.9. The van der Waals surface area contributed by atoms with Gasteiger partial charge in [0.05, 0.1) is 17.3 Å². The molecule has 0 saturated carbocycles. The second kappa shape index (κ2) is 8.60. The van der Waals surface area contributed by atoms with E-state index >= 15 is 0 Å². The smallest absolute Gasteiger partial charge is 0.233 e. The Morgan fingerprint density at radius 3 is 2.64 bits per heavy atom. The molecule has 1 saturated heterocycles. The van der Waals surface area contributed by atoms with Crippen LogP contribution in [0.1, 0.15) is 20.3 Å². The first kappa shape index (κ1) is 20.8. The monoisotopic (exact) mass is 423 g/mol. The topological polar surface area (TPSA) is 98.1 Å². The minimum absolute atomic E-state index is 0.0609. The van der Waals surface area contributed by atoms with Crippen LogP contribution in [0.2, 0.25) is 0 Å². The molecule has 1 aliphatic heterocycles. The molecule has 0 aliphatic carbocycles. The van der Waals surface area contributed by atoms with Crippen molar-refractivity contribution < 1.29 is 13.2 Å². The van der Waals surface area contributed by atoms with E-state index in [2.05, 4.69) is 15.2 Å². The molecule has 0 aromatic carbocycles. The summed E-state index contributed by atoms with van der Waals surface area (Å²) in [5, 5.41) is 9.05. The fourth-order valence-electron chi connectivity index (χ4n) is 3.27. The van der Waals surface area contributed by atoms with Crippen molar-refractivity contribution in [2.45, 2.75) is 31.5 Å². The minimum atomic E-state index is -3.04. The molecule has 0 radical (unpaired) electrons. The van der Waals surface area contributed by atoms with Crippen LogP contribution in [0.15, 0.2) is 29.7 Å². The molecule has 0 bridgehead atoms. The van der Waals surface area contributed by atoms with E-state index in [0.29, 0.717) is 23.9 Å². The molecule has 8 nitrogen and oxygen atoms in total. The molecule has 0 unspecified atom stereocenters. The molecule has 10 heteroatoms. The van der Waals surface area contributed by atoms with E-state index < -0.39 is 9.84 Å². The first-order valence-corrected chi connectivity index (χ1v) is 12.0. The highest BCUT2D eigenvalue weighted by Crippen LogP contribution is 2.24. The third-order valence-corrected chi connectivity index (χ3v) is 7.38. The molecule has 3 heterocycles. The summed E-state index contributed by atoms with van der Waals surface area (Å²) < 4.78 is 25.5. The summed E-state index contributed by atoms with van der Waals surface area (Å²) in [5.41, 5.74) is 0.903. The zero-order chi connectivity index (χ0) is 20.3. The van der Waals surface area contributed by atoms with Gasteiger partial charge in [-0.3, -0.25) is 9.78 Å². The van der Waals surface area contributed by atoms with Crippen LogP contribution in [0.3, 0.4) is 0 Å². The van der Waals surface area contributed by atoms with Crippen molar-refractivity contribution in [1.82, 2.24) is 24.6 Å². The van der Waals surface area contributed by atoms with Crippen LogP contribution in [0.5, 0.6) is 0 Å². The number of nitrogens with zero attached hydrogens (tertiary/aromatic N) is 5. The molecule has 2 aromatic rings. The fourth-order valence-corrected chi connectivity index (χ4v) is 5.80. The average molecular weight is 424 g/mol. The molecule has 0 spiro atoms. The van der Waals surface area contributed by atoms with Crippen LogP contribution in [-0.2, 0) is 21.7 Å². The molecule has 0 N–H and O–H groups in total. The Morgan fingerprint density at radius 2 is 2.04 bits per heavy atom. The summed E-state index contributed by atoms with van der Waals surface area (Å²) in [6.45, 7) is 4.61. The van der Waals surface area contributed by atoms with Gasteiger partial charge >= 0.3 is 0 Å². The van der Waals surface area contributed by atoms with Crippen LogP contribution >= 0.6 is 11.8 Å². The molecule has 3 rings (SSSR count). The number of hydrogen-bond donors (Lipinski definition) is 0. The van der Waals surface area contributed by atoms with E-state index in [1.165, 1.54) is 11.8 Å². The maximum absolute atomic E-state index is 12.9. The number of carbonyl (C=O) groups excluding carboxylic acids is 1. The van der Waals surface area contributed by atoms with Gasteiger partial charge in [0.2, 0.25) is 5.91 Å².